The molecule has 2 rings (SSSR count). The molecule has 6 nitrogen and oxygen atoms in total. The van der Waals surface area contributed by atoms with E-state index in [0.717, 1.165) is 23.1 Å². The van der Waals surface area contributed by atoms with Crippen molar-refractivity contribution in [3.8, 4) is 0 Å². The second-order valence-corrected chi connectivity index (χ2v) is 4.49. The Bertz CT molecular complexity index is 366. The van der Waals surface area contributed by atoms with Gasteiger partial charge in [0.15, 0.2) is 0 Å². The first-order chi connectivity index (χ1) is 7.20. The highest BCUT2D eigenvalue weighted by atomic mass is 32.1. The van der Waals surface area contributed by atoms with Crippen molar-refractivity contribution in [3.63, 3.8) is 0 Å². The lowest BCUT2D eigenvalue weighted by atomic mass is 10.0. The van der Waals surface area contributed by atoms with E-state index in [2.05, 4.69) is 15.5 Å². The average molecular weight is 227 g/mol. The van der Waals surface area contributed by atoms with Crippen LogP contribution in [0.4, 0.5) is 5.13 Å². The molecule has 1 atom stereocenters. The van der Waals surface area contributed by atoms with E-state index in [9.17, 15) is 4.79 Å². The number of carbonyl (C=O) groups is 1. The second kappa shape index (κ2) is 4.11. The quantitative estimate of drug-likeness (QED) is 0.734. The van der Waals surface area contributed by atoms with Gasteiger partial charge in [0.05, 0.1) is 12.6 Å². The Hall–Kier alpha value is -1.21. The zero-order valence-corrected chi connectivity index (χ0v) is 9.25. The van der Waals surface area contributed by atoms with Crippen molar-refractivity contribution in [2.45, 2.75) is 19.0 Å². The van der Waals surface area contributed by atoms with Gasteiger partial charge < -0.3 is 11.1 Å². The van der Waals surface area contributed by atoms with Gasteiger partial charge in [0.25, 0.3) is 0 Å². The van der Waals surface area contributed by atoms with Crippen LogP contribution in [-0.2, 0) is 11.3 Å². The maximum absolute atomic E-state index is 11.0. The van der Waals surface area contributed by atoms with E-state index in [-0.39, 0.29) is 11.9 Å². The van der Waals surface area contributed by atoms with E-state index in [4.69, 9.17) is 5.73 Å². The van der Waals surface area contributed by atoms with Crippen LogP contribution in [0.5, 0.6) is 0 Å². The SMILES string of the molecule is CNc1nnc(CN2CCC2C(N)=O)s1. The molecule has 1 aromatic heterocycles. The molecule has 0 aliphatic carbocycles. The predicted molar refractivity (Wildman–Crippen MR) is 57.5 cm³/mol. The van der Waals surface area contributed by atoms with Crippen LogP contribution in [0.25, 0.3) is 0 Å². The maximum Gasteiger partial charge on any atom is 0.234 e. The zero-order chi connectivity index (χ0) is 10.8. The number of aromatic nitrogens is 2. The summed E-state index contributed by atoms with van der Waals surface area (Å²) in [7, 11) is 1.81. The number of likely N-dealkylation sites (tertiary alicyclic amines) is 1. The molecule has 1 aromatic rings. The number of nitrogens with two attached hydrogens (primary N) is 1. The summed E-state index contributed by atoms with van der Waals surface area (Å²) >= 11 is 1.50. The minimum absolute atomic E-state index is 0.119. The van der Waals surface area contributed by atoms with Crippen molar-refractivity contribution in [3.05, 3.63) is 5.01 Å². The molecule has 0 spiro atoms. The Labute approximate surface area is 91.5 Å². The van der Waals surface area contributed by atoms with Crippen LogP contribution < -0.4 is 11.1 Å². The number of rotatable bonds is 4. The Morgan fingerprint density at radius 2 is 2.53 bits per heavy atom. The molecule has 1 amide bonds. The topological polar surface area (TPSA) is 84.1 Å². The molecule has 1 fully saturated rings. The van der Waals surface area contributed by atoms with Crippen molar-refractivity contribution in [2.24, 2.45) is 5.73 Å². The minimum Gasteiger partial charge on any atom is -0.368 e. The molecule has 1 unspecified atom stereocenters. The molecular formula is C8H13N5OS. The van der Waals surface area contributed by atoms with Crippen LogP contribution in [-0.4, -0.2) is 40.6 Å². The third-order valence-corrected chi connectivity index (χ3v) is 3.40. The molecule has 0 radical (unpaired) electrons. The highest BCUT2D eigenvalue weighted by molar-refractivity contribution is 7.15. The standard InChI is InChI=1S/C8H13N5OS/c1-10-8-12-11-6(15-8)4-13-3-2-5(13)7(9)14/h5H,2-4H2,1H3,(H2,9,14)(H,10,12). The molecule has 0 saturated carbocycles. The van der Waals surface area contributed by atoms with Crippen LogP contribution >= 0.6 is 11.3 Å². The number of nitrogens with zero attached hydrogens (tertiary/aromatic N) is 3. The monoisotopic (exact) mass is 227 g/mol. The van der Waals surface area contributed by atoms with Gasteiger partial charge in [-0.05, 0) is 6.42 Å². The van der Waals surface area contributed by atoms with Crippen molar-refractivity contribution >= 4 is 22.4 Å². The summed E-state index contributed by atoms with van der Waals surface area (Å²) in [6.45, 7) is 1.56. The fourth-order valence-electron chi connectivity index (χ4n) is 1.54. The molecule has 0 bridgehead atoms. The lowest BCUT2D eigenvalue weighted by Crippen LogP contribution is -2.54. The fraction of sp³-hybridized carbons (Fsp3) is 0.625. The van der Waals surface area contributed by atoms with Gasteiger partial charge in [0, 0.05) is 13.6 Å². The van der Waals surface area contributed by atoms with Crippen molar-refractivity contribution in [1.29, 1.82) is 0 Å². The molecule has 7 heteroatoms. The number of carbonyl (C=O) groups excluding carboxylic acids is 1. The van der Waals surface area contributed by atoms with E-state index in [1.807, 2.05) is 4.90 Å². The lowest BCUT2D eigenvalue weighted by Gasteiger charge is -2.37. The molecule has 3 N–H and O–H groups in total. The highest BCUT2D eigenvalue weighted by Gasteiger charge is 2.32. The zero-order valence-electron chi connectivity index (χ0n) is 8.43. The summed E-state index contributed by atoms with van der Waals surface area (Å²) in [5.41, 5.74) is 5.25. The first-order valence-corrected chi connectivity index (χ1v) is 5.56. The summed E-state index contributed by atoms with van der Waals surface area (Å²) in [5, 5.41) is 12.6. The van der Waals surface area contributed by atoms with Gasteiger partial charge in [-0.15, -0.1) is 10.2 Å². The molecule has 1 aliphatic rings. The summed E-state index contributed by atoms with van der Waals surface area (Å²) in [5.74, 6) is -0.250. The first kappa shape index (κ1) is 10.3. The Kier molecular flexibility index (Phi) is 2.83. The molecule has 0 aromatic carbocycles. The largest absolute Gasteiger partial charge is 0.368 e. The summed E-state index contributed by atoms with van der Waals surface area (Å²) in [4.78, 5) is 13.0. The van der Waals surface area contributed by atoms with Crippen molar-refractivity contribution in [1.82, 2.24) is 15.1 Å². The average Bonchev–Trinajstić information content (AvgIpc) is 2.59. The normalized spacial score (nSPS) is 21.0. The number of hydrogen-bond donors (Lipinski definition) is 2. The van der Waals surface area contributed by atoms with Gasteiger partial charge in [-0.25, -0.2) is 0 Å². The Balaban J connectivity index is 1.94. The number of primary amides is 1. The van der Waals surface area contributed by atoms with E-state index in [1.54, 1.807) is 7.05 Å². The number of anilines is 1. The van der Waals surface area contributed by atoms with E-state index < -0.39 is 0 Å². The smallest absolute Gasteiger partial charge is 0.234 e. The molecular weight excluding hydrogens is 214 g/mol. The van der Waals surface area contributed by atoms with Gasteiger partial charge in [-0.3, -0.25) is 9.69 Å². The van der Waals surface area contributed by atoms with Gasteiger partial charge >= 0.3 is 0 Å². The van der Waals surface area contributed by atoms with Crippen LogP contribution in [0.3, 0.4) is 0 Å². The Morgan fingerprint density at radius 1 is 1.73 bits per heavy atom. The third-order valence-electron chi connectivity index (χ3n) is 2.48. The van der Waals surface area contributed by atoms with Crippen molar-refractivity contribution < 1.29 is 4.79 Å². The summed E-state index contributed by atoms with van der Waals surface area (Å²) in [6, 6.07) is -0.119. The second-order valence-electron chi connectivity index (χ2n) is 3.43. The van der Waals surface area contributed by atoms with Crippen molar-refractivity contribution in [2.75, 3.05) is 18.9 Å². The first-order valence-electron chi connectivity index (χ1n) is 4.74. The van der Waals surface area contributed by atoms with E-state index in [0.29, 0.717) is 6.54 Å². The lowest BCUT2D eigenvalue weighted by molar-refractivity contribution is -0.127. The highest BCUT2D eigenvalue weighted by Crippen LogP contribution is 2.22. The van der Waals surface area contributed by atoms with Crippen LogP contribution in [0.15, 0.2) is 0 Å². The molecule has 2 heterocycles. The maximum atomic E-state index is 11.0. The molecule has 1 saturated heterocycles. The van der Waals surface area contributed by atoms with Crippen LogP contribution in [0.2, 0.25) is 0 Å². The van der Waals surface area contributed by atoms with E-state index in [1.165, 1.54) is 11.3 Å². The number of hydrogen-bond acceptors (Lipinski definition) is 6. The minimum atomic E-state index is -0.250. The third kappa shape index (κ3) is 2.07. The number of amides is 1. The summed E-state index contributed by atoms with van der Waals surface area (Å²) in [6.07, 6.45) is 0.854. The molecule has 15 heavy (non-hydrogen) atoms. The Morgan fingerprint density at radius 3 is 3.00 bits per heavy atom. The molecule has 82 valence electrons. The fourth-order valence-corrected chi connectivity index (χ4v) is 2.26. The van der Waals surface area contributed by atoms with Gasteiger partial charge in [-0.2, -0.15) is 0 Å². The number of nitrogens with one attached hydrogen (secondary N) is 1. The van der Waals surface area contributed by atoms with Crippen LogP contribution in [0, 0.1) is 0 Å². The van der Waals surface area contributed by atoms with E-state index >= 15 is 0 Å². The van der Waals surface area contributed by atoms with Gasteiger partial charge in [0.2, 0.25) is 11.0 Å². The molecule has 1 aliphatic heterocycles. The van der Waals surface area contributed by atoms with Gasteiger partial charge in [-0.1, -0.05) is 11.3 Å². The van der Waals surface area contributed by atoms with Gasteiger partial charge in [0.1, 0.15) is 5.01 Å². The summed E-state index contributed by atoms with van der Waals surface area (Å²) < 4.78 is 0. The predicted octanol–water partition coefficient (Wildman–Crippen LogP) is -0.361. The van der Waals surface area contributed by atoms with Crippen LogP contribution in [0.1, 0.15) is 11.4 Å².